The molecule has 0 saturated carbocycles. The lowest BCUT2D eigenvalue weighted by Crippen LogP contribution is -2.31. The van der Waals surface area contributed by atoms with Gasteiger partial charge in [0.25, 0.3) is 0 Å². The van der Waals surface area contributed by atoms with Gasteiger partial charge in [0.15, 0.2) is 0 Å². The van der Waals surface area contributed by atoms with Crippen LogP contribution in [0.2, 0.25) is 0 Å². The van der Waals surface area contributed by atoms with E-state index < -0.39 is 0 Å². The van der Waals surface area contributed by atoms with Gasteiger partial charge in [0.05, 0.1) is 23.5 Å². The number of nitrogens with one attached hydrogen (secondary N) is 2. The summed E-state index contributed by atoms with van der Waals surface area (Å²) in [4.78, 5) is 20.3. The molecule has 0 aliphatic heterocycles. The number of benzene rings is 2. The summed E-state index contributed by atoms with van der Waals surface area (Å²) in [6, 6.07) is 16.2. The van der Waals surface area contributed by atoms with Crippen LogP contribution in [0.3, 0.4) is 0 Å². The van der Waals surface area contributed by atoms with Gasteiger partial charge in [-0.2, -0.15) is 0 Å². The maximum atomic E-state index is 12.6. The first-order valence-corrected chi connectivity index (χ1v) is 8.10. The first kappa shape index (κ1) is 14.0. The molecule has 1 atom stereocenters. The van der Waals surface area contributed by atoms with E-state index in [1.807, 2.05) is 36.4 Å². The molecule has 116 valence electrons. The van der Waals surface area contributed by atoms with Crippen LogP contribution in [-0.4, -0.2) is 15.9 Å². The van der Waals surface area contributed by atoms with Crippen molar-refractivity contribution in [1.82, 2.24) is 15.3 Å². The quantitative estimate of drug-likeness (QED) is 0.780. The van der Waals surface area contributed by atoms with Gasteiger partial charge in [-0.3, -0.25) is 4.79 Å². The minimum absolute atomic E-state index is 0.0377. The van der Waals surface area contributed by atoms with Crippen LogP contribution in [-0.2, 0) is 17.8 Å². The molecule has 1 amide bonds. The predicted octanol–water partition coefficient (Wildman–Crippen LogP) is 3.30. The molecule has 3 aromatic rings. The van der Waals surface area contributed by atoms with E-state index in [4.69, 9.17) is 0 Å². The standard InChI is InChI=1S/C19H19N3O/c23-19(15-9-5-7-13-6-1-2-8-14(13)15)20-12-18-21-16-10-3-4-11-17(16)22-18/h1-4,6,8,10-11,15H,5,7,9,12H2,(H,20,23)(H,21,22). The van der Waals surface area contributed by atoms with E-state index in [9.17, 15) is 4.79 Å². The number of carbonyl (C=O) groups excluding carboxylic acids is 1. The number of hydrogen-bond donors (Lipinski definition) is 2. The van der Waals surface area contributed by atoms with E-state index in [1.54, 1.807) is 0 Å². The fourth-order valence-electron chi connectivity index (χ4n) is 3.41. The summed E-state index contributed by atoms with van der Waals surface area (Å²) in [6.07, 6.45) is 3.06. The zero-order valence-corrected chi connectivity index (χ0v) is 12.9. The molecule has 4 rings (SSSR count). The molecule has 0 radical (unpaired) electrons. The molecular formula is C19H19N3O. The summed E-state index contributed by atoms with van der Waals surface area (Å²) >= 11 is 0. The van der Waals surface area contributed by atoms with Gasteiger partial charge in [-0.1, -0.05) is 36.4 Å². The number of H-pyrrole nitrogens is 1. The molecule has 1 heterocycles. The van der Waals surface area contributed by atoms with Gasteiger partial charge in [-0.25, -0.2) is 4.98 Å². The van der Waals surface area contributed by atoms with Crippen molar-refractivity contribution >= 4 is 16.9 Å². The fraction of sp³-hybridized carbons (Fsp3) is 0.263. The van der Waals surface area contributed by atoms with Crippen molar-refractivity contribution in [3.8, 4) is 0 Å². The fourth-order valence-corrected chi connectivity index (χ4v) is 3.41. The lowest BCUT2D eigenvalue weighted by molar-refractivity contribution is -0.123. The summed E-state index contributed by atoms with van der Waals surface area (Å²) in [5.74, 6) is 0.852. The van der Waals surface area contributed by atoms with Crippen LogP contribution in [0.4, 0.5) is 0 Å². The number of imidazole rings is 1. The molecule has 4 nitrogen and oxygen atoms in total. The molecule has 2 aromatic carbocycles. The van der Waals surface area contributed by atoms with Crippen LogP contribution in [0.1, 0.15) is 35.7 Å². The number of aromatic amines is 1. The monoisotopic (exact) mass is 305 g/mol. The highest BCUT2D eigenvalue weighted by Gasteiger charge is 2.25. The van der Waals surface area contributed by atoms with E-state index in [2.05, 4.69) is 27.4 Å². The summed E-state index contributed by atoms with van der Waals surface area (Å²) in [5, 5.41) is 3.04. The minimum atomic E-state index is -0.0377. The molecule has 1 aliphatic rings. The highest BCUT2D eigenvalue weighted by atomic mass is 16.1. The lowest BCUT2D eigenvalue weighted by atomic mass is 9.82. The summed E-state index contributed by atoms with van der Waals surface area (Å²) in [7, 11) is 0. The molecule has 0 saturated heterocycles. The van der Waals surface area contributed by atoms with Gasteiger partial charge in [0, 0.05) is 0 Å². The lowest BCUT2D eigenvalue weighted by Gasteiger charge is -2.24. The van der Waals surface area contributed by atoms with Gasteiger partial charge in [0.1, 0.15) is 5.82 Å². The third-order valence-electron chi connectivity index (χ3n) is 4.55. The Morgan fingerprint density at radius 3 is 2.91 bits per heavy atom. The number of rotatable bonds is 3. The van der Waals surface area contributed by atoms with Crippen molar-refractivity contribution in [2.24, 2.45) is 0 Å². The number of fused-ring (bicyclic) bond motifs is 2. The van der Waals surface area contributed by atoms with Crippen molar-refractivity contribution < 1.29 is 4.79 Å². The minimum Gasteiger partial charge on any atom is -0.348 e. The van der Waals surface area contributed by atoms with Crippen molar-refractivity contribution in [3.63, 3.8) is 0 Å². The Bertz CT molecular complexity index is 819. The van der Waals surface area contributed by atoms with Crippen molar-refractivity contribution in [2.45, 2.75) is 31.7 Å². The molecule has 1 aromatic heterocycles. The number of aromatic nitrogens is 2. The second-order valence-electron chi connectivity index (χ2n) is 6.06. The Morgan fingerprint density at radius 1 is 1.17 bits per heavy atom. The van der Waals surface area contributed by atoms with Gasteiger partial charge in [0.2, 0.25) is 5.91 Å². The van der Waals surface area contributed by atoms with Crippen LogP contribution in [0, 0.1) is 0 Å². The first-order valence-electron chi connectivity index (χ1n) is 8.10. The number of para-hydroxylation sites is 2. The summed E-state index contributed by atoms with van der Waals surface area (Å²) in [5.41, 5.74) is 4.42. The topological polar surface area (TPSA) is 57.8 Å². The van der Waals surface area contributed by atoms with Gasteiger partial charge in [-0.05, 0) is 42.5 Å². The van der Waals surface area contributed by atoms with Gasteiger partial charge >= 0.3 is 0 Å². The van der Waals surface area contributed by atoms with Crippen molar-refractivity contribution in [1.29, 1.82) is 0 Å². The van der Waals surface area contributed by atoms with Gasteiger partial charge < -0.3 is 10.3 Å². The molecule has 0 spiro atoms. The molecule has 1 aliphatic carbocycles. The maximum absolute atomic E-state index is 12.6. The van der Waals surface area contributed by atoms with Crippen LogP contribution >= 0.6 is 0 Å². The van der Waals surface area contributed by atoms with E-state index in [0.717, 1.165) is 36.1 Å². The Morgan fingerprint density at radius 2 is 2.00 bits per heavy atom. The average Bonchev–Trinajstić information content (AvgIpc) is 3.02. The number of aryl methyl sites for hydroxylation is 1. The molecule has 0 bridgehead atoms. The second-order valence-corrected chi connectivity index (χ2v) is 6.06. The van der Waals surface area contributed by atoms with E-state index in [-0.39, 0.29) is 11.8 Å². The Balaban J connectivity index is 1.48. The summed E-state index contributed by atoms with van der Waals surface area (Å²) in [6.45, 7) is 0.437. The van der Waals surface area contributed by atoms with Gasteiger partial charge in [-0.15, -0.1) is 0 Å². The van der Waals surface area contributed by atoms with Crippen LogP contribution in [0.5, 0.6) is 0 Å². The number of carbonyl (C=O) groups is 1. The third kappa shape index (κ3) is 2.72. The predicted molar refractivity (Wildman–Crippen MR) is 90.1 cm³/mol. The zero-order chi connectivity index (χ0) is 15.6. The third-order valence-corrected chi connectivity index (χ3v) is 4.55. The van der Waals surface area contributed by atoms with E-state index in [0.29, 0.717) is 6.54 Å². The molecule has 1 unspecified atom stereocenters. The average molecular weight is 305 g/mol. The summed E-state index contributed by atoms with van der Waals surface area (Å²) < 4.78 is 0. The number of nitrogens with zero attached hydrogens (tertiary/aromatic N) is 1. The Hall–Kier alpha value is -2.62. The molecular weight excluding hydrogens is 286 g/mol. The number of hydrogen-bond acceptors (Lipinski definition) is 2. The van der Waals surface area contributed by atoms with Crippen molar-refractivity contribution in [3.05, 3.63) is 65.5 Å². The van der Waals surface area contributed by atoms with Crippen molar-refractivity contribution in [2.75, 3.05) is 0 Å². The molecule has 0 fully saturated rings. The van der Waals surface area contributed by atoms with E-state index in [1.165, 1.54) is 11.1 Å². The second kappa shape index (κ2) is 5.88. The first-order chi connectivity index (χ1) is 11.3. The smallest absolute Gasteiger partial charge is 0.227 e. The normalized spacial score (nSPS) is 17.0. The molecule has 4 heteroatoms. The van der Waals surface area contributed by atoms with Crippen LogP contribution in [0.15, 0.2) is 48.5 Å². The van der Waals surface area contributed by atoms with E-state index >= 15 is 0 Å². The highest BCUT2D eigenvalue weighted by molar-refractivity contribution is 5.84. The SMILES string of the molecule is O=C(NCc1nc2ccccc2[nH]1)C1CCCc2ccccc21. The molecule has 23 heavy (non-hydrogen) atoms. The Kier molecular flexibility index (Phi) is 3.58. The zero-order valence-electron chi connectivity index (χ0n) is 12.9. The largest absolute Gasteiger partial charge is 0.348 e. The number of amides is 1. The highest BCUT2D eigenvalue weighted by Crippen LogP contribution is 2.31. The van der Waals surface area contributed by atoms with Crippen LogP contribution in [0.25, 0.3) is 11.0 Å². The Labute approximate surface area is 134 Å². The molecule has 2 N–H and O–H groups in total. The maximum Gasteiger partial charge on any atom is 0.227 e. The van der Waals surface area contributed by atoms with Crippen LogP contribution < -0.4 is 5.32 Å².